The SMILES string of the molecule is CCC(CC)CNc1ccnc2c([N+](=O)[O-])cccc12. The average molecular weight is 273 g/mol. The molecule has 2 aromatic rings. The Labute approximate surface area is 118 Å². The first-order valence-electron chi connectivity index (χ1n) is 6.93. The van der Waals surface area contributed by atoms with Gasteiger partial charge in [0.2, 0.25) is 0 Å². The van der Waals surface area contributed by atoms with E-state index in [0.29, 0.717) is 11.4 Å². The maximum Gasteiger partial charge on any atom is 0.295 e. The van der Waals surface area contributed by atoms with E-state index in [9.17, 15) is 10.1 Å². The molecule has 0 bridgehead atoms. The zero-order valence-corrected chi connectivity index (χ0v) is 11.8. The fourth-order valence-corrected chi connectivity index (χ4v) is 2.29. The summed E-state index contributed by atoms with van der Waals surface area (Å²) in [5, 5.41) is 15.2. The molecular weight excluding hydrogens is 254 g/mol. The third-order valence-corrected chi connectivity index (χ3v) is 3.68. The molecule has 0 fully saturated rings. The predicted molar refractivity (Wildman–Crippen MR) is 81.0 cm³/mol. The number of aromatic nitrogens is 1. The number of pyridine rings is 1. The molecule has 1 aromatic heterocycles. The van der Waals surface area contributed by atoms with Crippen LogP contribution in [0.5, 0.6) is 0 Å². The van der Waals surface area contributed by atoms with Gasteiger partial charge in [-0.3, -0.25) is 10.1 Å². The van der Waals surface area contributed by atoms with Crippen molar-refractivity contribution < 1.29 is 4.92 Å². The van der Waals surface area contributed by atoms with Gasteiger partial charge < -0.3 is 5.32 Å². The molecule has 5 nitrogen and oxygen atoms in total. The molecule has 5 heteroatoms. The highest BCUT2D eigenvalue weighted by Crippen LogP contribution is 2.28. The van der Waals surface area contributed by atoms with E-state index in [4.69, 9.17) is 0 Å². The quantitative estimate of drug-likeness (QED) is 0.638. The summed E-state index contributed by atoms with van der Waals surface area (Å²) in [6.45, 7) is 5.21. The van der Waals surface area contributed by atoms with Gasteiger partial charge in [0, 0.05) is 29.9 Å². The van der Waals surface area contributed by atoms with Crippen molar-refractivity contribution in [2.45, 2.75) is 26.7 Å². The minimum atomic E-state index is -0.389. The largest absolute Gasteiger partial charge is 0.384 e. The van der Waals surface area contributed by atoms with Gasteiger partial charge in [0.25, 0.3) is 5.69 Å². The van der Waals surface area contributed by atoms with Crippen LogP contribution in [0.3, 0.4) is 0 Å². The number of benzene rings is 1. The van der Waals surface area contributed by atoms with Crippen molar-refractivity contribution in [3.05, 3.63) is 40.6 Å². The summed E-state index contributed by atoms with van der Waals surface area (Å²) >= 11 is 0. The highest BCUT2D eigenvalue weighted by Gasteiger charge is 2.14. The Morgan fingerprint density at radius 2 is 2.05 bits per heavy atom. The lowest BCUT2D eigenvalue weighted by molar-refractivity contribution is -0.383. The Morgan fingerprint density at radius 1 is 1.30 bits per heavy atom. The molecule has 0 unspecified atom stereocenters. The minimum Gasteiger partial charge on any atom is -0.384 e. The molecule has 0 saturated carbocycles. The van der Waals surface area contributed by atoms with Crippen molar-refractivity contribution >= 4 is 22.3 Å². The number of fused-ring (bicyclic) bond motifs is 1. The second-order valence-corrected chi connectivity index (χ2v) is 4.85. The van der Waals surface area contributed by atoms with E-state index in [1.54, 1.807) is 12.3 Å². The van der Waals surface area contributed by atoms with E-state index >= 15 is 0 Å². The van der Waals surface area contributed by atoms with E-state index < -0.39 is 0 Å². The molecule has 0 aliphatic heterocycles. The van der Waals surface area contributed by atoms with Crippen LogP contribution in [0.2, 0.25) is 0 Å². The number of hydrogen-bond acceptors (Lipinski definition) is 4. The number of para-hydroxylation sites is 1. The topological polar surface area (TPSA) is 68.1 Å². The summed E-state index contributed by atoms with van der Waals surface area (Å²) in [5.41, 5.74) is 1.39. The van der Waals surface area contributed by atoms with Crippen LogP contribution < -0.4 is 5.32 Å². The number of hydrogen-bond donors (Lipinski definition) is 1. The Balaban J connectivity index is 2.35. The van der Waals surface area contributed by atoms with Crippen LogP contribution in [0, 0.1) is 16.0 Å². The van der Waals surface area contributed by atoms with Gasteiger partial charge in [-0.25, -0.2) is 4.98 Å². The zero-order chi connectivity index (χ0) is 14.5. The van der Waals surface area contributed by atoms with E-state index in [0.717, 1.165) is 30.5 Å². The monoisotopic (exact) mass is 273 g/mol. The Bertz CT molecular complexity index is 609. The van der Waals surface area contributed by atoms with Gasteiger partial charge in [-0.15, -0.1) is 0 Å². The van der Waals surface area contributed by atoms with Gasteiger partial charge in [0.15, 0.2) is 0 Å². The summed E-state index contributed by atoms with van der Waals surface area (Å²) < 4.78 is 0. The summed E-state index contributed by atoms with van der Waals surface area (Å²) in [5.74, 6) is 0.608. The van der Waals surface area contributed by atoms with Gasteiger partial charge in [0.05, 0.1) is 4.92 Å². The fraction of sp³-hybridized carbons (Fsp3) is 0.400. The Hall–Kier alpha value is -2.17. The highest BCUT2D eigenvalue weighted by molar-refractivity contribution is 5.96. The van der Waals surface area contributed by atoms with E-state index in [1.165, 1.54) is 6.07 Å². The van der Waals surface area contributed by atoms with Crippen LogP contribution in [0.15, 0.2) is 30.5 Å². The van der Waals surface area contributed by atoms with Crippen molar-refractivity contribution in [3.63, 3.8) is 0 Å². The molecule has 2 rings (SSSR count). The van der Waals surface area contributed by atoms with Crippen LogP contribution in [-0.4, -0.2) is 16.5 Å². The second-order valence-electron chi connectivity index (χ2n) is 4.85. The van der Waals surface area contributed by atoms with Crippen molar-refractivity contribution in [1.82, 2.24) is 4.98 Å². The molecule has 0 spiro atoms. The molecule has 106 valence electrons. The molecule has 1 heterocycles. The smallest absolute Gasteiger partial charge is 0.295 e. The molecule has 0 radical (unpaired) electrons. The molecule has 1 aromatic carbocycles. The fourth-order valence-electron chi connectivity index (χ4n) is 2.29. The highest BCUT2D eigenvalue weighted by atomic mass is 16.6. The van der Waals surface area contributed by atoms with Gasteiger partial charge in [-0.05, 0) is 12.0 Å². The van der Waals surface area contributed by atoms with Crippen molar-refractivity contribution in [2.75, 3.05) is 11.9 Å². The zero-order valence-electron chi connectivity index (χ0n) is 11.8. The molecule has 20 heavy (non-hydrogen) atoms. The molecule has 0 amide bonds. The minimum absolute atomic E-state index is 0.0497. The van der Waals surface area contributed by atoms with E-state index in [2.05, 4.69) is 24.1 Å². The maximum absolute atomic E-state index is 11.0. The number of nitrogens with zero attached hydrogens (tertiary/aromatic N) is 2. The molecule has 0 saturated heterocycles. The van der Waals surface area contributed by atoms with E-state index in [-0.39, 0.29) is 10.6 Å². The van der Waals surface area contributed by atoms with Crippen molar-refractivity contribution in [2.24, 2.45) is 5.92 Å². The summed E-state index contributed by atoms with van der Waals surface area (Å²) in [4.78, 5) is 14.8. The Kier molecular flexibility index (Phi) is 4.50. The number of non-ortho nitro benzene ring substituents is 1. The number of nitro benzene ring substituents is 1. The van der Waals surface area contributed by atoms with Crippen molar-refractivity contribution in [3.8, 4) is 0 Å². The van der Waals surface area contributed by atoms with Gasteiger partial charge in [-0.2, -0.15) is 0 Å². The molecule has 0 atom stereocenters. The third-order valence-electron chi connectivity index (χ3n) is 3.68. The number of anilines is 1. The number of rotatable bonds is 6. The Morgan fingerprint density at radius 3 is 2.70 bits per heavy atom. The van der Waals surface area contributed by atoms with Crippen molar-refractivity contribution in [1.29, 1.82) is 0 Å². The number of nitrogens with one attached hydrogen (secondary N) is 1. The van der Waals surface area contributed by atoms with Crippen LogP contribution in [0.25, 0.3) is 10.9 Å². The number of nitro groups is 1. The molecule has 0 aliphatic rings. The lowest BCUT2D eigenvalue weighted by Gasteiger charge is -2.15. The third kappa shape index (κ3) is 2.87. The second kappa shape index (κ2) is 6.32. The van der Waals surface area contributed by atoms with Crippen LogP contribution in [0.1, 0.15) is 26.7 Å². The average Bonchev–Trinajstić information content (AvgIpc) is 2.47. The summed E-state index contributed by atoms with van der Waals surface area (Å²) in [7, 11) is 0. The molecule has 0 aliphatic carbocycles. The first-order chi connectivity index (χ1) is 9.67. The lowest BCUT2D eigenvalue weighted by Crippen LogP contribution is -2.13. The van der Waals surface area contributed by atoms with Crippen LogP contribution in [0.4, 0.5) is 11.4 Å². The van der Waals surface area contributed by atoms with Gasteiger partial charge >= 0.3 is 0 Å². The normalized spacial score (nSPS) is 10.9. The lowest BCUT2D eigenvalue weighted by atomic mass is 10.0. The summed E-state index contributed by atoms with van der Waals surface area (Å²) in [6.07, 6.45) is 3.85. The standard InChI is InChI=1S/C15H19N3O2/c1-3-11(4-2)10-17-13-8-9-16-15-12(13)6-5-7-14(15)18(19)20/h5-9,11H,3-4,10H2,1-2H3,(H,16,17). The first kappa shape index (κ1) is 14.2. The van der Waals surface area contributed by atoms with E-state index in [1.807, 2.05) is 12.1 Å². The molecule has 1 N–H and O–H groups in total. The predicted octanol–water partition coefficient (Wildman–Crippen LogP) is 3.99. The maximum atomic E-state index is 11.0. The first-order valence-corrected chi connectivity index (χ1v) is 6.93. The van der Waals surface area contributed by atoms with Gasteiger partial charge in [-0.1, -0.05) is 38.8 Å². The van der Waals surface area contributed by atoms with Crippen LogP contribution >= 0.6 is 0 Å². The summed E-state index contributed by atoms with van der Waals surface area (Å²) in [6, 6.07) is 6.92. The van der Waals surface area contributed by atoms with Gasteiger partial charge in [0.1, 0.15) is 5.52 Å². The molecular formula is C15H19N3O2. The van der Waals surface area contributed by atoms with Crippen LogP contribution in [-0.2, 0) is 0 Å².